The van der Waals surface area contributed by atoms with Gasteiger partial charge in [0.05, 0.1) is 27.9 Å². The molecular formula is C22H29NO5. The fourth-order valence-corrected chi connectivity index (χ4v) is 2.87. The van der Waals surface area contributed by atoms with Crippen molar-refractivity contribution in [2.75, 3.05) is 34.5 Å². The molecule has 0 spiro atoms. The molecule has 2 aromatic rings. The summed E-state index contributed by atoms with van der Waals surface area (Å²) in [7, 11) is 4.83. The molecule has 0 atom stereocenters. The lowest BCUT2D eigenvalue weighted by atomic mass is 10.1. The molecule has 0 aromatic heterocycles. The molecule has 0 saturated heterocycles. The molecule has 0 saturated carbocycles. The minimum atomic E-state index is 0.0216. The molecule has 0 radical (unpaired) electrons. The number of benzene rings is 2. The standard InChI is InChI=1S/C22H29NO5/c1-5-28-19-10-7-16(14-21(19)27-4)8-11-22(24)23-13-12-17-6-9-18(25-2)20(15-17)26-3/h6-7,9-10,14-15H,5,8,11-13H2,1-4H3,(H,23,24). The number of ether oxygens (including phenoxy) is 4. The van der Waals surface area contributed by atoms with Crippen LogP contribution >= 0.6 is 0 Å². The van der Waals surface area contributed by atoms with Crippen molar-refractivity contribution < 1.29 is 23.7 Å². The third kappa shape index (κ3) is 6.08. The van der Waals surface area contributed by atoms with Gasteiger partial charge < -0.3 is 24.3 Å². The van der Waals surface area contributed by atoms with Gasteiger partial charge in [0, 0.05) is 13.0 Å². The number of hydrogen-bond acceptors (Lipinski definition) is 5. The molecule has 0 aliphatic heterocycles. The van der Waals surface area contributed by atoms with E-state index >= 15 is 0 Å². The maximum atomic E-state index is 12.1. The monoisotopic (exact) mass is 387 g/mol. The van der Waals surface area contributed by atoms with Crippen LogP contribution < -0.4 is 24.3 Å². The summed E-state index contributed by atoms with van der Waals surface area (Å²) in [5, 5.41) is 2.96. The van der Waals surface area contributed by atoms with E-state index in [9.17, 15) is 4.79 Å². The summed E-state index contributed by atoms with van der Waals surface area (Å²) < 4.78 is 21.4. The Kier molecular flexibility index (Phi) is 8.46. The molecule has 0 bridgehead atoms. The number of aryl methyl sites for hydroxylation is 1. The van der Waals surface area contributed by atoms with E-state index in [1.54, 1.807) is 21.3 Å². The number of carbonyl (C=O) groups is 1. The molecule has 2 aromatic carbocycles. The fraction of sp³-hybridized carbons (Fsp3) is 0.409. The predicted octanol–water partition coefficient (Wildman–Crippen LogP) is 3.40. The van der Waals surface area contributed by atoms with Gasteiger partial charge in [-0.05, 0) is 55.2 Å². The Morgan fingerprint density at radius 3 is 2.00 bits per heavy atom. The summed E-state index contributed by atoms with van der Waals surface area (Å²) in [6.45, 7) is 3.08. The van der Waals surface area contributed by atoms with E-state index < -0.39 is 0 Å². The first-order valence-corrected chi connectivity index (χ1v) is 9.38. The molecule has 6 heteroatoms. The summed E-state index contributed by atoms with van der Waals surface area (Å²) >= 11 is 0. The van der Waals surface area contributed by atoms with Gasteiger partial charge in [-0.25, -0.2) is 0 Å². The Bertz CT molecular complexity index is 776. The van der Waals surface area contributed by atoms with E-state index in [0.717, 1.165) is 17.5 Å². The van der Waals surface area contributed by atoms with Crippen molar-refractivity contribution in [3.05, 3.63) is 47.5 Å². The Hall–Kier alpha value is -2.89. The first kappa shape index (κ1) is 21.4. The summed E-state index contributed by atoms with van der Waals surface area (Å²) in [6.07, 6.45) is 1.79. The maximum absolute atomic E-state index is 12.1. The van der Waals surface area contributed by atoms with E-state index in [2.05, 4.69) is 5.32 Å². The Morgan fingerprint density at radius 2 is 1.39 bits per heavy atom. The summed E-state index contributed by atoms with van der Waals surface area (Å²) in [5.41, 5.74) is 2.12. The van der Waals surface area contributed by atoms with Crippen LogP contribution in [0.15, 0.2) is 36.4 Å². The van der Waals surface area contributed by atoms with Crippen LogP contribution in [0.4, 0.5) is 0 Å². The van der Waals surface area contributed by atoms with Crippen LogP contribution in [0.3, 0.4) is 0 Å². The highest BCUT2D eigenvalue weighted by atomic mass is 16.5. The third-order valence-electron chi connectivity index (χ3n) is 4.35. The number of carbonyl (C=O) groups excluding carboxylic acids is 1. The van der Waals surface area contributed by atoms with E-state index in [0.29, 0.717) is 49.0 Å². The molecule has 0 heterocycles. The number of amides is 1. The maximum Gasteiger partial charge on any atom is 0.220 e. The van der Waals surface area contributed by atoms with Crippen LogP contribution in [0.1, 0.15) is 24.5 Å². The number of methoxy groups -OCH3 is 3. The van der Waals surface area contributed by atoms with Crippen LogP contribution in [0.2, 0.25) is 0 Å². The second-order valence-electron chi connectivity index (χ2n) is 6.21. The molecule has 28 heavy (non-hydrogen) atoms. The molecule has 0 fully saturated rings. The van der Waals surface area contributed by atoms with Crippen molar-refractivity contribution in [1.82, 2.24) is 5.32 Å². The average molecular weight is 387 g/mol. The summed E-state index contributed by atoms with van der Waals surface area (Å²) in [5.74, 6) is 2.81. The van der Waals surface area contributed by atoms with Gasteiger partial charge in [0.15, 0.2) is 23.0 Å². The van der Waals surface area contributed by atoms with Gasteiger partial charge in [-0.3, -0.25) is 4.79 Å². The lowest BCUT2D eigenvalue weighted by Crippen LogP contribution is -2.25. The zero-order chi connectivity index (χ0) is 20.4. The Morgan fingerprint density at radius 1 is 0.821 bits per heavy atom. The predicted molar refractivity (Wildman–Crippen MR) is 109 cm³/mol. The van der Waals surface area contributed by atoms with Crippen molar-refractivity contribution in [2.24, 2.45) is 0 Å². The van der Waals surface area contributed by atoms with E-state index in [-0.39, 0.29) is 5.91 Å². The zero-order valence-electron chi connectivity index (χ0n) is 17.0. The number of rotatable bonds is 11. The smallest absolute Gasteiger partial charge is 0.220 e. The van der Waals surface area contributed by atoms with Gasteiger partial charge in [0.1, 0.15) is 0 Å². The molecule has 0 aliphatic carbocycles. The molecule has 152 valence electrons. The number of hydrogen-bond donors (Lipinski definition) is 1. The van der Waals surface area contributed by atoms with Gasteiger partial charge >= 0.3 is 0 Å². The minimum Gasteiger partial charge on any atom is -0.493 e. The topological polar surface area (TPSA) is 66.0 Å². The average Bonchev–Trinajstić information content (AvgIpc) is 2.73. The van der Waals surface area contributed by atoms with E-state index in [4.69, 9.17) is 18.9 Å². The quantitative estimate of drug-likeness (QED) is 0.640. The molecule has 2 rings (SSSR count). The van der Waals surface area contributed by atoms with E-state index in [1.165, 1.54) is 0 Å². The minimum absolute atomic E-state index is 0.0216. The van der Waals surface area contributed by atoms with Crippen molar-refractivity contribution in [2.45, 2.75) is 26.2 Å². The molecule has 6 nitrogen and oxygen atoms in total. The lowest BCUT2D eigenvalue weighted by Gasteiger charge is -2.11. The number of nitrogens with one attached hydrogen (secondary N) is 1. The van der Waals surface area contributed by atoms with Crippen molar-refractivity contribution in [3.63, 3.8) is 0 Å². The van der Waals surface area contributed by atoms with Crippen LogP contribution in [0.5, 0.6) is 23.0 Å². The normalized spacial score (nSPS) is 10.3. The third-order valence-corrected chi connectivity index (χ3v) is 4.35. The first-order valence-electron chi connectivity index (χ1n) is 9.38. The molecule has 0 unspecified atom stereocenters. The summed E-state index contributed by atoms with van der Waals surface area (Å²) in [4.78, 5) is 12.1. The van der Waals surface area contributed by atoms with Crippen molar-refractivity contribution in [3.8, 4) is 23.0 Å². The highest BCUT2D eigenvalue weighted by Gasteiger charge is 2.08. The van der Waals surface area contributed by atoms with Gasteiger partial charge in [-0.15, -0.1) is 0 Å². The highest BCUT2D eigenvalue weighted by molar-refractivity contribution is 5.76. The molecule has 1 N–H and O–H groups in total. The second-order valence-corrected chi connectivity index (χ2v) is 6.21. The Balaban J connectivity index is 1.80. The SMILES string of the molecule is CCOc1ccc(CCC(=O)NCCc2ccc(OC)c(OC)c2)cc1OC. The molecule has 1 amide bonds. The van der Waals surface area contributed by atoms with Gasteiger partial charge in [0.25, 0.3) is 0 Å². The van der Waals surface area contributed by atoms with Gasteiger partial charge in [-0.1, -0.05) is 12.1 Å². The van der Waals surface area contributed by atoms with Crippen molar-refractivity contribution in [1.29, 1.82) is 0 Å². The van der Waals surface area contributed by atoms with Crippen LogP contribution in [-0.4, -0.2) is 40.4 Å². The van der Waals surface area contributed by atoms with Crippen molar-refractivity contribution >= 4 is 5.91 Å². The largest absolute Gasteiger partial charge is 0.493 e. The summed E-state index contributed by atoms with van der Waals surface area (Å²) in [6, 6.07) is 11.5. The van der Waals surface area contributed by atoms with Gasteiger partial charge in [-0.2, -0.15) is 0 Å². The van der Waals surface area contributed by atoms with Crippen LogP contribution in [0.25, 0.3) is 0 Å². The highest BCUT2D eigenvalue weighted by Crippen LogP contribution is 2.29. The van der Waals surface area contributed by atoms with Crippen LogP contribution in [-0.2, 0) is 17.6 Å². The van der Waals surface area contributed by atoms with Gasteiger partial charge in [0.2, 0.25) is 5.91 Å². The first-order chi connectivity index (χ1) is 13.6. The van der Waals surface area contributed by atoms with Crippen LogP contribution in [0, 0.1) is 0 Å². The van der Waals surface area contributed by atoms with E-state index in [1.807, 2.05) is 43.3 Å². The fourth-order valence-electron chi connectivity index (χ4n) is 2.87. The second kappa shape index (κ2) is 11.1. The zero-order valence-corrected chi connectivity index (χ0v) is 17.0. The Labute approximate surface area is 166 Å². The molecular weight excluding hydrogens is 358 g/mol. The molecule has 0 aliphatic rings. The lowest BCUT2D eigenvalue weighted by molar-refractivity contribution is -0.121.